The molecule has 0 spiro atoms. The summed E-state index contributed by atoms with van der Waals surface area (Å²) in [5, 5.41) is 2.93. The minimum atomic E-state index is -0.0303. The van der Waals surface area contributed by atoms with E-state index in [1.165, 1.54) is 0 Å². The Morgan fingerprint density at radius 3 is 3.00 bits per heavy atom. The van der Waals surface area contributed by atoms with E-state index in [0.717, 1.165) is 32.6 Å². The second-order valence-electron chi connectivity index (χ2n) is 3.82. The van der Waals surface area contributed by atoms with Crippen molar-refractivity contribution in [2.24, 2.45) is 17.6 Å². The first-order chi connectivity index (χ1) is 6.77. The van der Waals surface area contributed by atoms with E-state index < -0.39 is 0 Å². The predicted molar refractivity (Wildman–Crippen MR) is 54.8 cm³/mol. The molecule has 1 rings (SSSR count). The highest BCUT2D eigenvalue weighted by molar-refractivity contribution is 5.78. The molecule has 2 unspecified atom stereocenters. The van der Waals surface area contributed by atoms with Crippen LogP contribution in [0.5, 0.6) is 0 Å². The van der Waals surface area contributed by atoms with Crippen molar-refractivity contribution < 1.29 is 9.53 Å². The van der Waals surface area contributed by atoms with Gasteiger partial charge in [0, 0.05) is 31.5 Å². The first kappa shape index (κ1) is 11.5. The van der Waals surface area contributed by atoms with E-state index in [-0.39, 0.29) is 11.8 Å². The van der Waals surface area contributed by atoms with Gasteiger partial charge in [0.2, 0.25) is 5.91 Å². The highest BCUT2D eigenvalue weighted by Crippen LogP contribution is 2.11. The molecule has 4 nitrogen and oxygen atoms in total. The third-order valence-electron chi connectivity index (χ3n) is 2.74. The molecule has 82 valence electrons. The van der Waals surface area contributed by atoms with Crippen LogP contribution >= 0.6 is 0 Å². The zero-order chi connectivity index (χ0) is 10.4. The minimum Gasteiger partial charge on any atom is -0.381 e. The van der Waals surface area contributed by atoms with E-state index in [0.29, 0.717) is 12.5 Å². The van der Waals surface area contributed by atoms with Crippen LogP contribution in [0.4, 0.5) is 0 Å². The highest BCUT2D eigenvalue weighted by Gasteiger charge is 2.19. The number of carbonyl (C=O) groups is 1. The predicted octanol–water partition coefficient (Wildman–Crippen LogP) is 0.124. The molecule has 0 aromatic carbocycles. The van der Waals surface area contributed by atoms with Crippen LogP contribution in [0.1, 0.15) is 19.8 Å². The lowest BCUT2D eigenvalue weighted by molar-refractivity contribution is -0.124. The van der Waals surface area contributed by atoms with Crippen molar-refractivity contribution >= 4 is 5.91 Å². The van der Waals surface area contributed by atoms with Gasteiger partial charge in [0.1, 0.15) is 0 Å². The van der Waals surface area contributed by atoms with Crippen molar-refractivity contribution in [3.8, 4) is 0 Å². The lowest BCUT2D eigenvalue weighted by Gasteiger charge is -2.14. The molecule has 0 aromatic rings. The summed E-state index contributed by atoms with van der Waals surface area (Å²) in [6.45, 7) is 4.75. The monoisotopic (exact) mass is 200 g/mol. The largest absolute Gasteiger partial charge is 0.381 e. The van der Waals surface area contributed by atoms with E-state index in [9.17, 15) is 4.79 Å². The number of ether oxygens (including phenoxy) is 1. The van der Waals surface area contributed by atoms with Gasteiger partial charge in [-0.1, -0.05) is 6.92 Å². The quantitative estimate of drug-likeness (QED) is 0.662. The van der Waals surface area contributed by atoms with Gasteiger partial charge < -0.3 is 15.8 Å². The Hall–Kier alpha value is -0.610. The van der Waals surface area contributed by atoms with Gasteiger partial charge in [0.15, 0.2) is 0 Å². The van der Waals surface area contributed by atoms with Gasteiger partial charge in [-0.2, -0.15) is 0 Å². The SMILES string of the molecule is CCC(CN)C(=O)NCC1CCOC1. The minimum absolute atomic E-state index is 0.0303. The number of rotatable bonds is 5. The van der Waals surface area contributed by atoms with Gasteiger partial charge in [-0.3, -0.25) is 4.79 Å². The second kappa shape index (κ2) is 5.98. The van der Waals surface area contributed by atoms with Crippen molar-refractivity contribution in [3.05, 3.63) is 0 Å². The molecule has 3 N–H and O–H groups in total. The summed E-state index contributed by atoms with van der Waals surface area (Å²) in [5.74, 6) is 0.549. The summed E-state index contributed by atoms with van der Waals surface area (Å²) >= 11 is 0. The van der Waals surface area contributed by atoms with Gasteiger partial charge in [-0.25, -0.2) is 0 Å². The first-order valence-electron chi connectivity index (χ1n) is 5.33. The van der Waals surface area contributed by atoms with Crippen LogP contribution < -0.4 is 11.1 Å². The Morgan fingerprint density at radius 2 is 2.50 bits per heavy atom. The molecule has 0 aliphatic carbocycles. The lowest BCUT2D eigenvalue weighted by atomic mass is 10.1. The van der Waals surface area contributed by atoms with Crippen molar-refractivity contribution in [2.45, 2.75) is 19.8 Å². The fraction of sp³-hybridized carbons (Fsp3) is 0.900. The fourth-order valence-electron chi connectivity index (χ4n) is 1.59. The molecule has 1 saturated heterocycles. The number of nitrogens with two attached hydrogens (primary N) is 1. The Kier molecular flexibility index (Phi) is 4.90. The fourth-order valence-corrected chi connectivity index (χ4v) is 1.59. The first-order valence-corrected chi connectivity index (χ1v) is 5.33. The van der Waals surface area contributed by atoms with Crippen molar-refractivity contribution in [1.82, 2.24) is 5.32 Å². The maximum Gasteiger partial charge on any atom is 0.224 e. The number of hydrogen-bond donors (Lipinski definition) is 2. The molecule has 0 aromatic heterocycles. The molecule has 1 aliphatic rings. The number of hydrogen-bond acceptors (Lipinski definition) is 3. The Balaban J connectivity index is 2.18. The number of amides is 1. The third-order valence-corrected chi connectivity index (χ3v) is 2.74. The third kappa shape index (κ3) is 3.27. The van der Waals surface area contributed by atoms with Crippen molar-refractivity contribution in [1.29, 1.82) is 0 Å². The number of nitrogens with one attached hydrogen (secondary N) is 1. The zero-order valence-electron chi connectivity index (χ0n) is 8.79. The van der Waals surface area contributed by atoms with Crippen LogP contribution in [-0.2, 0) is 9.53 Å². The van der Waals surface area contributed by atoms with E-state index in [2.05, 4.69) is 5.32 Å². The maximum absolute atomic E-state index is 11.5. The van der Waals surface area contributed by atoms with Crippen LogP contribution in [0.25, 0.3) is 0 Å². The lowest BCUT2D eigenvalue weighted by Crippen LogP contribution is -2.37. The van der Waals surface area contributed by atoms with E-state index in [1.807, 2.05) is 6.92 Å². The molecule has 1 fully saturated rings. The van der Waals surface area contributed by atoms with E-state index >= 15 is 0 Å². The summed E-state index contributed by atoms with van der Waals surface area (Å²) in [7, 11) is 0. The molecule has 1 heterocycles. The van der Waals surface area contributed by atoms with Crippen molar-refractivity contribution in [3.63, 3.8) is 0 Å². The van der Waals surface area contributed by atoms with Crippen LogP contribution in [0.3, 0.4) is 0 Å². The number of carbonyl (C=O) groups excluding carboxylic acids is 1. The van der Waals surface area contributed by atoms with Crippen LogP contribution in [0.2, 0.25) is 0 Å². The summed E-state index contributed by atoms with van der Waals surface area (Å²) in [6, 6.07) is 0. The summed E-state index contributed by atoms with van der Waals surface area (Å²) in [4.78, 5) is 11.5. The normalized spacial score (nSPS) is 23.4. The molecular formula is C10H20N2O2. The second-order valence-corrected chi connectivity index (χ2v) is 3.82. The van der Waals surface area contributed by atoms with Gasteiger partial charge >= 0.3 is 0 Å². The zero-order valence-corrected chi connectivity index (χ0v) is 8.79. The van der Waals surface area contributed by atoms with Crippen LogP contribution in [0.15, 0.2) is 0 Å². The van der Waals surface area contributed by atoms with Gasteiger partial charge in [-0.05, 0) is 12.8 Å². The Bertz CT molecular complexity index is 175. The van der Waals surface area contributed by atoms with E-state index in [1.54, 1.807) is 0 Å². The molecule has 1 aliphatic heterocycles. The maximum atomic E-state index is 11.5. The molecule has 14 heavy (non-hydrogen) atoms. The molecule has 2 atom stereocenters. The molecule has 4 heteroatoms. The molecular weight excluding hydrogens is 180 g/mol. The molecule has 0 radical (unpaired) electrons. The summed E-state index contributed by atoms with van der Waals surface area (Å²) < 4.78 is 5.23. The Labute approximate surface area is 85.2 Å². The Morgan fingerprint density at radius 1 is 1.71 bits per heavy atom. The summed E-state index contributed by atoms with van der Waals surface area (Å²) in [5.41, 5.74) is 5.48. The van der Waals surface area contributed by atoms with Crippen LogP contribution in [0, 0.1) is 11.8 Å². The molecule has 0 saturated carbocycles. The van der Waals surface area contributed by atoms with E-state index in [4.69, 9.17) is 10.5 Å². The average Bonchev–Trinajstić information content (AvgIpc) is 2.69. The summed E-state index contributed by atoms with van der Waals surface area (Å²) in [6.07, 6.45) is 1.86. The molecule has 1 amide bonds. The van der Waals surface area contributed by atoms with Gasteiger partial charge in [0.05, 0.1) is 6.61 Å². The van der Waals surface area contributed by atoms with Gasteiger partial charge in [-0.15, -0.1) is 0 Å². The highest BCUT2D eigenvalue weighted by atomic mass is 16.5. The average molecular weight is 200 g/mol. The standard InChI is InChI=1S/C10H20N2O2/c1-2-9(5-11)10(13)12-6-8-3-4-14-7-8/h8-9H,2-7,11H2,1H3,(H,12,13). The van der Waals surface area contributed by atoms with Gasteiger partial charge in [0.25, 0.3) is 0 Å². The van der Waals surface area contributed by atoms with Crippen molar-refractivity contribution in [2.75, 3.05) is 26.3 Å². The topological polar surface area (TPSA) is 64.4 Å². The smallest absolute Gasteiger partial charge is 0.224 e. The van der Waals surface area contributed by atoms with Crippen LogP contribution in [-0.4, -0.2) is 32.2 Å². The molecule has 0 bridgehead atoms.